The molecule has 178 valence electrons. The van der Waals surface area contributed by atoms with Crippen LogP contribution in [0.5, 0.6) is 0 Å². The fourth-order valence-electron chi connectivity index (χ4n) is 6.15. The molecule has 6 aromatic rings. The molecule has 6 rings (SSSR count). The summed E-state index contributed by atoms with van der Waals surface area (Å²) in [5.41, 5.74) is 11.2. The van der Waals surface area contributed by atoms with E-state index in [0.29, 0.717) is 0 Å². The van der Waals surface area contributed by atoms with E-state index in [-0.39, 0.29) is 10.8 Å². The Labute approximate surface area is 208 Å². The van der Waals surface area contributed by atoms with Gasteiger partial charge in [0.25, 0.3) is 0 Å². The summed E-state index contributed by atoms with van der Waals surface area (Å²) in [6.45, 7) is 18.5. The highest BCUT2D eigenvalue weighted by atomic mass is 15.0. The van der Waals surface area contributed by atoms with Gasteiger partial charge >= 0.3 is 0 Å². The van der Waals surface area contributed by atoms with Crippen molar-refractivity contribution in [2.45, 2.75) is 67.2 Å². The molecule has 0 bridgehead atoms. The van der Waals surface area contributed by atoms with Crippen LogP contribution in [0.3, 0.4) is 0 Å². The van der Waals surface area contributed by atoms with Crippen molar-refractivity contribution in [1.82, 2.24) is 4.40 Å². The molecular weight excluding hydrogens is 424 g/mol. The predicted octanol–water partition coefficient (Wildman–Crippen LogP) is 8.32. The molecule has 0 atom stereocenters. The highest BCUT2D eigenvalue weighted by Crippen LogP contribution is 2.43. The van der Waals surface area contributed by atoms with Gasteiger partial charge in [0, 0.05) is 16.8 Å². The Hall–Kier alpha value is -3.13. The van der Waals surface area contributed by atoms with Crippen molar-refractivity contribution in [3.8, 4) is 0 Å². The second-order valence-corrected chi connectivity index (χ2v) is 13.0. The average Bonchev–Trinajstić information content (AvgIpc) is 3.07. The normalized spacial score (nSPS) is 13.4. The van der Waals surface area contributed by atoms with Gasteiger partial charge in [-0.15, -0.1) is 0 Å². The number of fused-ring (bicyclic) bond motifs is 5. The summed E-state index contributed by atoms with van der Waals surface area (Å²) >= 11 is 0. The Balaban J connectivity index is 1.96. The second-order valence-electron chi connectivity index (χ2n) is 13.0. The van der Waals surface area contributed by atoms with E-state index < -0.39 is 0 Å². The molecule has 35 heavy (non-hydrogen) atoms. The van der Waals surface area contributed by atoms with Crippen LogP contribution in [0.15, 0.2) is 48.7 Å². The summed E-state index contributed by atoms with van der Waals surface area (Å²) in [5, 5.41) is 6.81. The van der Waals surface area contributed by atoms with E-state index in [1.54, 1.807) is 0 Å². The summed E-state index contributed by atoms with van der Waals surface area (Å²) in [4.78, 5) is 0. The van der Waals surface area contributed by atoms with Crippen LogP contribution in [0.2, 0.25) is 0 Å². The molecule has 0 saturated carbocycles. The van der Waals surface area contributed by atoms with Gasteiger partial charge in [-0.1, -0.05) is 59.7 Å². The van der Waals surface area contributed by atoms with Gasteiger partial charge in [-0.25, -0.2) is 4.57 Å². The van der Waals surface area contributed by atoms with Gasteiger partial charge in [0.05, 0.1) is 27.3 Å². The molecule has 0 radical (unpaired) electrons. The van der Waals surface area contributed by atoms with Crippen molar-refractivity contribution >= 4 is 49.0 Å². The largest absolute Gasteiger partial charge is 0.307 e. The molecule has 0 amide bonds. The van der Waals surface area contributed by atoms with Crippen molar-refractivity contribution in [2.24, 2.45) is 12.5 Å². The Morgan fingerprint density at radius 3 is 2.23 bits per heavy atom. The number of hydrogen-bond donors (Lipinski definition) is 0. The zero-order chi connectivity index (χ0) is 25.0. The van der Waals surface area contributed by atoms with Crippen LogP contribution >= 0.6 is 0 Å². The third-order valence-corrected chi connectivity index (χ3v) is 7.92. The zero-order valence-corrected chi connectivity index (χ0v) is 22.7. The lowest BCUT2D eigenvalue weighted by Gasteiger charge is -2.20. The Kier molecular flexibility index (Phi) is 4.45. The quantitative estimate of drug-likeness (QED) is 0.132. The topological polar surface area (TPSA) is 8.29 Å². The molecule has 2 nitrogen and oxygen atoms in total. The molecular formula is C33H37N2+. The van der Waals surface area contributed by atoms with E-state index in [9.17, 15) is 0 Å². The SMILES string of the molecule is Cc1cc2c3ccc(C(C)(C)C)cc3n3c4cc(CC(C)(C)C)cc5cc[n+](C)c(c(c1C)c23)c54. The first-order valence-electron chi connectivity index (χ1n) is 12.9. The lowest BCUT2D eigenvalue weighted by atomic mass is 9.86. The molecule has 0 aliphatic heterocycles. The minimum atomic E-state index is 0.0992. The Morgan fingerprint density at radius 1 is 0.800 bits per heavy atom. The van der Waals surface area contributed by atoms with Crippen molar-refractivity contribution in [3.63, 3.8) is 0 Å². The van der Waals surface area contributed by atoms with Crippen molar-refractivity contribution in [3.05, 3.63) is 70.9 Å². The van der Waals surface area contributed by atoms with Crippen LogP contribution in [-0.4, -0.2) is 4.40 Å². The molecule has 3 aromatic heterocycles. The minimum absolute atomic E-state index is 0.0992. The van der Waals surface area contributed by atoms with Crippen LogP contribution in [-0.2, 0) is 18.9 Å². The summed E-state index contributed by atoms with van der Waals surface area (Å²) in [7, 11) is 2.20. The van der Waals surface area contributed by atoms with E-state index in [1.165, 1.54) is 71.3 Å². The number of nitrogens with zero attached hydrogens (tertiary/aromatic N) is 2. The van der Waals surface area contributed by atoms with Gasteiger partial charge in [-0.2, -0.15) is 0 Å². The average molecular weight is 462 g/mol. The maximum atomic E-state index is 2.59. The number of pyridine rings is 2. The first-order valence-corrected chi connectivity index (χ1v) is 12.9. The molecule has 0 fully saturated rings. The van der Waals surface area contributed by atoms with Gasteiger partial charge in [-0.3, -0.25) is 0 Å². The van der Waals surface area contributed by atoms with E-state index in [4.69, 9.17) is 0 Å². The Morgan fingerprint density at radius 2 is 1.54 bits per heavy atom. The number of hydrogen-bond acceptors (Lipinski definition) is 0. The first-order chi connectivity index (χ1) is 16.3. The standard InChI is InChI=1S/C33H37N2/c1-19-14-25-24-11-10-23(33(6,7)8)17-26(24)35-27-16-21(18-32(3,4)5)15-22-12-13-34(9)31(29(22)27)28(20(19)2)30(25)35/h10-17H,18H2,1-9H3/q+1. The van der Waals surface area contributed by atoms with Gasteiger partial charge in [0.15, 0.2) is 6.20 Å². The number of aryl methyl sites for hydroxylation is 3. The van der Waals surface area contributed by atoms with E-state index in [0.717, 1.165) is 6.42 Å². The smallest absolute Gasteiger partial charge is 0.224 e. The van der Waals surface area contributed by atoms with Crippen LogP contribution in [0, 0.1) is 19.3 Å². The van der Waals surface area contributed by atoms with Crippen LogP contribution in [0.25, 0.3) is 49.0 Å². The number of benzene rings is 3. The predicted molar refractivity (Wildman–Crippen MR) is 151 cm³/mol. The Bertz CT molecular complexity index is 1800. The molecule has 3 aromatic carbocycles. The van der Waals surface area contributed by atoms with E-state index in [2.05, 4.69) is 120 Å². The van der Waals surface area contributed by atoms with E-state index >= 15 is 0 Å². The molecule has 3 heterocycles. The van der Waals surface area contributed by atoms with E-state index in [1.807, 2.05) is 0 Å². The highest BCUT2D eigenvalue weighted by molar-refractivity contribution is 6.26. The first kappa shape index (κ1) is 22.3. The molecule has 0 aliphatic rings. The van der Waals surface area contributed by atoms with Crippen LogP contribution in [0.4, 0.5) is 0 Å². The minimum Gasteiger partial charge on any atom is -0.307 e. The molecule has 0 unspecified atom stereocenters. The van der Waals surface area contributed by atoms with Gasteiger partial charge in [0.2, 0.25) is 5.52 Å². The highest BCUT2D eigenvalue weighted by Gasteiger charge is 2.26. The molecule has 0 aliphatic carbocycles. The lowest BCUT2D eigenvalue weighted by Crippen LogP contribution is -2.29. The summed E-state index contributed by atoms with van der Waals surface area (Å²) < 4.78 is 4.92. The van der Waals surface area contributed by atoms with Crippen molar-refractivity contribution in [1.29, 1.82) is 0 Å². The summed E-state index contributed by atoms with van der Waals surface area (Å²) in [5.74, 6) is 0. The summed E-state index contributed by atoms with van der Waals surface area (Å²) in [6.07, 6.45) is 3.30. The third-order valence-electron chi connectivity index (χ3n) is 7.92. The van der Waals surface area contributed by atoms with Gasteiger partial charge < -0.3 is 4.40 Å². The number of rotatable bonds is 1. The zero-order valence-electron chi connectivity index (χ0n) is 22.7. The fourth-order valence-corrected chi connectivity index (χ4v) is 6.15. The van der Waals surface area contributed by atoms with Crippen LogP contribution in [0.1, 0.15) is 63.8 Å². The maximum Gasteiger partial charge on any atom is 0.224 e. The maximum absolute atomic E-state index is 2.59. The van der Waals surface area contributed by atoms with Crippen molar-refractivity contribution < 1.29 is 4.57 Å². The monoisotopic (exact) mass is 461 g/mol. The number of aromatic nitrogens is 2. The second kappa shape index (κ2) is 6.97. The molecule has 2 heteroatoms. The van der Waals surface area contributed by atoms with Crippen molar-refractivity contribution in [2.75, 3.05) is 0 Å². The third kappa shape index (κ3) is 3.19. The molecule has 0 saturated heterocycles. The molecule has 0 spiro atoms. The fraction of sp³-hybridized carbons (Fsp3) is 0.364. The molecule has 0 N–H and O–H groups in total. The summed E-state index contributed by atoms with van der Waals surface area (Å²) in [6, 6.07) is 16.7. The van der Waals surface area contributed by atoms with Gasteiger partial charge in [0.1, 0.15) is 7.05 Å². The lowest BCUT2D eigenvalue weighted by molar-refractivity contribution is -0.643. The van der Waals surface area contributed by atoms with Gasteiger partial charge in [-0.05, 0) is 76.9 Å². The van der Waals surface area contributed by atoms with Crippen LogP contribution < -0.4 is 4.57 Å².